The molecule has 0 heterocycles. The Kier molecular flexibility index (Phi) is 3.77. The van der Waals surface area contributed by atoms with Crippen molar-refractivity contribution in [3.63, 3.8) is 0 Å². The molecule has 1 aromatic rings. The normalized spacial score (nSPS) is 11.0. The minimum Gasteiger partial charge on any atom is -0.322 e. The Labute approximate surface area is 92.9 Å². The van der Waals surface area contributed by atoms with Gasteiger partial charge in [-0.1, -0.05) is 6.08 Å². The quantitative estimate of drug-likeness (QED) is 0.483. The average Bonchev–Trinajstić information content (AvgIpc) is 2.28. The summed E-state index contributed by atoms with van der Waals surface area (Å²) in [5.74, 6) is -0.212. The van der Waals surface area contributed by atoms with E-state index in [1.54, 1.807) is 19.9 Å². The first-order chi connectivity index (χ1) is 7.54. The molecule has 0 atom stereocenters. The highest BCUT2D eigenvalue weighted by atomic mass is 16.6. The summed E-state index contributed by atoms with van der Waals surface area (Å²) in [7, 11) is 0. The van der Waals surface area contributed by atoms with Gasteiger partial charge in [-0.2, -0.15) is 0 Å². The number of anilines is 1. The first-order valence-corrected chi connectivity index (χ1v) is 4.73. The van der Waals surface area contributed by atoms with Crippen LogP contribution in [0.3, 0.4) is 0 Å². The van der Waals surface area contributed by atoms with Crippen LogP contribution in [0.2, 0.25) is 0 Å². The van der Waals surface area contributed by atoms with Crippen molar-refractivity contribution in [3.8, 4) is 0 Å². The van der Waals surface area contributed by atoms with Gasteiger partial charge in [0.15, 0.2) is 0 Å². The number of nitrogens with one attached hydrogen (secondary N) is 1. The van der Waals surface area contributed by atoms with Crippen LogP contribution in [0.4, 0.5) is 11.4 Å². The number of nitro benzene ring substituents is 1. The van der Waals surface area contributed by atoms with Gasteiger partial charge in [0.25, 0.3) is 11.6 Å². The number of nitrogens with zero attached hydrogens (tertiary/aromatic N) is 1. The van der Waals surface area contributed by atoms with E-state index in [-0.39, 0.29) is 11.6 Å². The van der Waals surface area contributed by atoms with E-state index in [1.165, 1.54) is 24.3 Å². The number of hydrogen-bond donors (Lipinski definition) is 1. The van der Waals surface area contributed by atoms with Crippen LogP contribution in [-0.2, 0) is 4.79 Å². The van der Waals surface area contributed by atoms with E-state index in [0.29, 0.717) is 11.3 Å². The number of nitro groups is 1. The van der Waals surface area contributed by atoms with Crippen LogP contribution in [0.1, 0.15) is 13.8 Å². The van der Waals surface area contributed by atoms with Gasteiger partial charge in [0.1, 0.15) is 0 Å². The monoisotopic (exact) mass is 220 g/mol. The maximum absolute atomic E-state index is 11.4. The highest BCUT2D eigenvalue weighted by Crippen LogP contribution is 2.15. The second-order valence-corrected chi connectivity index (χ2v) is 3.23. The number of hydrogen-bond acceptors (Lipinski definition) is 3. The smallest absolute Gasteiger partial charge is 0.269 e. The molecule has 0 aliphatic heterocycles. The van der Waals surface area contributed by atoms with Crippen molar-refractivity contribution in [2.24, 2.45) is 0 Å². The van der Waals surface area contributed by atoms with Gasteiger partial charge < -0.3 is 5.32 Å². The second-order valence-electron chi connectivity index (χ2n) is 3.23. The van der Waals surface area contributed by atoms with E-state index in [1.807, 2.05) is 0 Å². The minimum absolute atomic E-state index is 0.000699. The Morgan fingerprint density at radius 1 is 1.38 bits per heavy atom. The Balaban J connectivity index is 2.76. The number of carbonyl (C=O) groups is 1. The lowest BCUT2D eigenvalue weighted by Crippen LogP contribution is -2.12. The molecule has 1 amide bonds. The summed E-state index contributed by atoms with van der Waals surface area (Å²) in [4.78, 5) is 21.4. The molecule has 0 aliphatic rings. The third-order valence-corrected chi connectivity index (χ3v) is 2.13. The van der Waals surface area contributed by atoms with Crippen LogP contribution in [0.15, 0.2) is 35.9 Å². The summed E-state index contributed by atoms with van der Waals surface area (Å²) in [6.07, 6.45) is 1.70. The molecular weight excluding hydrogens is 208 g/mol. The summed E-state index contributed by atoms with van der Waals surface area (Å²) in [5, 5.41) is 13.0. The molecule has 16 heavy (non-hydrogen) atoms. The molecule has 0 aromatic heterocycles. The molecule has 0 aliphatic carbocycles. The van der Waals surface area contributed by atoms with Crippen LogP contribution in [0.25, 0.3) is 0 Å². The highest BCUT2D eigenvalue weighted by Gasteiger charge is 2.06. The molecule has 84 valence electrons. The number of benzene rings is 1. The van der Waals surface area contributed by atoms with Gasteiger partial charge in [-0.05, 0) is 26.0 Å². The Morgan fingerprint density at radius 3 is 2.38 bits per heavy atom. The fourth-order valence-corrected chi connectivity index (χ4v) is 1.03. The Hall–Kier alpha value is -2.17. The summed E-state index contributed by atoms with van der Waals surface area (Å²) in [5.41, 5.74) is 1.14. The van der Waals surface area contributed by atoms with Gasteiger partial charge >= 0.3 is 0 Å². The summed E-state index contributed by atoms with van der Waals surface area (Å²) < 4.78 is 0. The first kappa shape index (κ1) is 11.9. The van der Waals surface area contributed by atoms with Gasteiger partial charge in [0, 0.05) is 23.4 Å². The maximum atomic E-state index is 11.4. The predicted octanol–water partition coefficient (Wildman–Crippen LogP) is 2.50. The largest absolute Gasteiger partial charge is 0.322 e. The van der Waals surface area contributed by atoms with Crippen molar-refractivity contribution in [1.29, 1.82) is 0 Å². The molecule has 5 heteroatoms. The number of amides is 1. The van der Waals surface area contributed by atoms with Crippen molar-refractivity contribution >= 4 is 17.3 Å². The maximum Gasteiger partial charge on any atom is 0.269 e. The zero-order valence-electron chi connectivity index (χ0n) is 9.06. The number of carbonyl (C=O) groups excluding carboxylic acids is 1. The zero-order chi connectivity index (χ0) is 12.1. The third kappa shape index (κ3) is 2.91. The van der Waals surface area contributed by atoms with Crippen molar-refractivity contribution < 1.29 is 9.72 Å². The molecule has 0 bridgehead atoms. The van der Waals surface area contributed by atoms with Crippen molar-refractivity contribution in [3.05, 3.63) is 46.0 Å². The molecule has 0 spiro atoms. The predicted molar refractivity (Wildman–Crippen MR) is 61.2 cm³/mol. The molecule has 0 unspecified atom stereocenters. The highest BCUT2D eigenvalue weighted by molar-refractivity contribution is 6.03. The summed E-state index contributed by atoms with van der Waals surface area (Å²) in [6.45, 7) is 3.46. The third-order valence-electron chi connectivity index (χ3n) is 2.13. The van der Waals surface area contributed by atoms with E-state index in [0.717, 1.165) is 0 Å². The van der Waals surface area contributed by atoms with Gasteiger partial charge in [0.2, 0.25) is 0 Å². The molecule has 0 fully saturated rings. The van der Waals surface area contributed by atoms with Gasteiger partial charge in [0.05, 0.1) is 4.92 Å². The van der Waals surface area contributed by atoms with Gasteiger partial charge in [-0.25, -0.2) is 0 Å². The van der Waals surface area contributed by atoms with Crippen molar-refractivity contribution in [1.82, 2.24) is 0 Å². The molecule has 0 saturated carbocycles. The molecule has 5 nitrogen and oxygen atoms in total. The first-order valence-electron chi connectivity index (χ1n) is 4.73. The average molecular weight is 220 g/mol. The van der Waals surface area contributed by atoms with E-state index in [9.17, 15) is 14.9 Å². The SMILES string of the molecule is C/C=C(\C)C(=O)Nc1ccc([N+](=O)[O-])cc1. The fraction of sp³-hybridized carbons (Fsp3) is 0.182. The van der Waals surface area contributed by atoms with E-state index >= 15 is 0 Å². The lowest BCUT2D eigenvalue weighted by molar-refractivity contribution is -0.384. The zero-order valence-corrected chi connectivity index (χ0v) is 9.06. The van der Waals surface area contributed by atoms with Crippen LogP contribution >= 0.6 is 0 Å². The van der Waals surface area contributed by atoms with Crippen LogP contribution in [-0.4, -0.2) is 10.8 Å². The van der Waals surface area contributed by atoms with Gasteiger partial charge in [-0.15, -0.1) is 0 Å². The topological polar surface area (TPSA) is 72.2 Å². The van der Waals surface area contributed by atoms with Crippen LogP contribution < -0.4 is 5.32 Å². The number of allylic oxidation sites excluding steroid dienone is 1. The minimum atomic E-state index is -0.483. The summed E-state index contributed by atoms with van der Waals surface area (Å²) >= 11 is 0. The molecule has 0 radical (unpaired) electrons. The van der Waals surface area contributed by atoms with E-state index in [4.69, 9.17) is 0 Å². The fourth-order valence-electron chi connectivity index (χ4n) is 1.03. The summed E-state index contributed by atoms with van der Waals surface area (Å²) in [6, 6.07) is 5.69. The second kappa shape index (κ2) is 5.06. The number of rotatable bonds is 3. The molecule has 1 N–H and O–H groups in total. The van der Waals surface area contributed by atoms with Crippen LogP contribution in [0.5, 0.6) is 0 Å². The van der Waals surface area contributed by atoms with Gasteiger partial charge in [-0.3, -0.25) is 14.9 Å². The Bertz CT molecular complexity index is 435. The molecular formula is C11H12N2O3. The molecule has 0 saturated heterocycles. The molecule has 1 rings (SSSR count). The Morgan fingerprint density at radius 2 is 1.94 bits per heavy atom. The lowest BCUT2D eigenvalue weighted by atomic mass is 10.2. The lowest BCUT2D eigenvalue weighted by Gasteiger charge is -2.04. The standard InChI is InChI=1S/C11H12N2O3/c1-3-8(2)11(14)12-9-4-6-10(7-5-9)13(15)16/h3-7H,1-2H3,(H,12,14)/b8-3+. The van der Waals surface area contributed by atoms with E-state index in [2.05, 4.69) is 5.32 Å². The van der Waals surface area contributed by atoms with Crippen LogP contribution in [0, 0.1) is 10.1 Å². The molecule has 1 aromatic carbocycles. The van der Waals surface area contributed by atoms with Crippen molar-refractivity contribution in [2.45, 2.75) is 13.8 Å². The van der Waals surface area contributed by atoms with Crippen molar-refractivity contribution in [2.75, 3.05) is 5.32 Å². The van der Waals surface area contributed by atoms with E-state index < -0.39 is 4.92 Å². The number of non-ortho nitro benzene ring substituents is 1.